The van der Waals surface area contributed by atoms with Crippen LogP contribution in [0.2, 0.25) is 0 Å². The van der Waals surface area contributed by atoms with Crippen molar-refractivity contribution in [3.63, 3.8) is 0 Å². The van der Waals surface area contributed by atoms with Crippen LogP contribution in [0.4, 0.5) is 5.69 Å². The molecule has 2 amide bonds. The lowest BCUT2D eigenvalue weighted by Gasteiger charge is -2.18. The van der Waals surface area contributed by atoms with Crippen molar-refractivity contribution in [2.24, 2.45) is 0 Å². The topological polar surface area (TPSA) is 58.6 Å². The second kappa shape index (κ2) is 9.76. The van der Waals surface area contributed by atoms with Gasteiger partial charge in [0.25, 0.3) is 0 Å². The lowest BCUT2D eigenvalue weighted by molar-refractivity contribution is -0.133. The number of aryl methyl sites for hydroxylation is 3. The summed E-state index contributed by atoms with van der Waals surface area (Å²) < 4.78 is 5.59. The molecule has 0 heterocycles. The highest BCUT2D eigenvalue weighted by Gasteiger charge is 2.15. The van der Waals surface area contributed by atoms with E-state index in [9.17, 15) is 9.59 Å². The van der Waals surface area contributed by atoms with Gasteiger partial charge in [0, 0.05) is 19.2 Å². The van der Waals surface area contributed by atoms with Gasteiger partial charge in [0.2, 0.25) is 11.8 Å². The van der Waals surface area contributed by atoms with Gasteiger partial charge in [-0.1, -0.05) is 36.4 Å². The van der Waals surface area contributed by atoms with Crippen LogP contribution in [0, 0.1) is 13.8 Å². The lowest BCUT2D eigenvalue weighted by atomic mass is 10.1. The number of benzene rings is 2. The van der Waals surface area contributed by atoms with Crippen molar-refractivity contribution in [2.45, 2.75) is 33.6 Å². The molecular formula is C22H28N2O3. The number of para-hydroxylation sites is 2. The maximum Gasteiger partial charge on any atom is 0.243 e. The van der Waals surface area contributed by atoms with Gasteiger partial charge >= 0.3 is 0 Å². The molecule has 0 aliphatic carbocycles. The zero-order valence-corrected chi connectivity index (χ0v) is 16.5. The molecule has 5 nitrogen and oxygen atoms in total. The second-order valence-corrected chi connectivity index (χ2v) is 6.61. The predicted octanol–water partition coefficient (Wildman–Crippen LogP) is 3.73. The second-order valence-electron chi connectivity index (χ2n) is 6.61. The van der Waals surface area contributed by atoms with E-state index in [1.165, 1.54) is 4.90 Å². The van der Waals surface area contributed by atoms with Crippen LogP contribution in [0.15, 0.2) is 42.5 Å². The van der Waals surface area contributed by atoms with E-state index in [2.05, 4.69) is 5.32 Å². The van der Waals surface area contributed by atoms with Crippen molar-refractivity contribution in [3.05, 3.63) is 59.2 Å². The molecule has 1 N–H and O–H groups in total. The molecule has 0 saturated heterocycles. The zero-order valence-electron chi connectivity index (χ0n) is 16.5. The van der Waals surface area contributed by atoms with Crippen LogP contribution in [-0.2, 0) is 16.0 Å². The third-order valence-electron chi connectivity index (χ3n) is 4.43. The van der Waals surface area contributed by atoms with Crippen LogP contribution in [0.5, 0.6) is 5.75 Å². The fraction of sp³-hybridized carbons (Fsp3) is 0.364. The highest BCUT2D eigenvalue weighted by molar-refractivity contribution is 5.95. The number of ether oxygens (including phenoxy) is 1. The molecule has 0 saturated carbocycles. The van der Waals surface area contributed by atoms with Gasteiger partial charge < -0.3 is 15.0 Å². The van der Waals surface area contributed by atoms with Gasteiger partial charge in [-0.15, -0.1) is 0 Å². The van der Waals surface area contributed by atoms with E-state index in [1.807, 2.05) is 63.2 Å². The van der Waals surface area contributed by atoms with E-state index in [4.69, 9.17) is 4.74 Å². The number of carbonyl (C=O) groups excluding carboxylic acids is 2. The zero-order chi connectivity index (χ0) is 19.8. The van der Waals surface area contributed by atoms with E-state index < -0.39 is 0 Å². The molecule has 0 aliphatic heterocycles. The number of hydrogen-bond acceptors (Lipinski definition) is 3. The molecule has 0 fully saturated rings. The summed E-state index contributed by atoms with van der Waals surface area (Å²) in [6.07, 6.45) is 0.912. The summed E-state index contributed by atoms with van der Waals surface area (Å²) in [5, 5.41) is 2.91. The first-order valence-corrected chi connectivity index (χ1v) is 9.23. The van der Waals surface area contributed by atoms with Gasteiger partial charge in [-0.25, -0.2) is 0 Å². The van der Waals surface area contributed by atoms with Crippen molar-refractivity contribution in [1.82, 2.24) is 4.90 Å². The molecule has 0 aromatic heterocycles. The average Bonchev–Trinajstić information content (AvgIpc) is 2.64. The highest BCUT2D eigenvalue weighted by Crippen LogP contribution is 2.20. The van der Waals surface area contributed by atoms with Gasteiger partial charge in [0.05, 0.1) is 13.2 Å². The first-order valence-electron chi connectivity index (χ1n) is 9.23. The van der Waals surface area contributed by atoms with Crippen LogP contribution in [-0.4, -0.2) is 36.9 Å². The fourth-order valence-electron chi connectivity index (χ4n) is 2.93. The molecule has 0 unspecified atom stereocenters. The van der Waals surface area contributed by atoms with Gasteiger partial charge in [-0.3, -0.25) is 9.59 Å². The van der Waals surface area contributed by atoms with Gasteiger partial charge in [0.15, 0.2) is 0 Å². The predicted molar refractivity (Wildman–Crippen MR) is 108 cm³/mol. The Balaban J connectivity index is 1.89. The Kier molecular flexibility index (Phi) is 7.41. The first-order chi connectivity index (χ1) is 12.9. The van der Waals surface area contributed by atoms with Gasteiger partial charge in [0.1, 0.15) is 5.75 Å². The molecule has 0 aliphatic rings. The molecule has 0 atom stereocenters. The van der Waals surface area contributed by atoms with Crippen molar-refractivity contribution < 1.29 is 14.3 Å². The van der Waals surface area contributed by atoms with Crippen LogP contribution >= 0.6 is 0 Å². The summed E-state index contributed by atoms with van der Waals surface area (Å²) in [7, 11) is 1.65. The van der Waals surface area contributed by atoms with E-state index in [-0.39, 0.29) is 18.4 Å². The van der Waals surface area contributed by atoms with Crippen molar-refractivity contribution in [3.8, 4) is 5.75 Å². The van der Waals surface area contributed by atoms with Crippen molar-refractivity contribution >= 4 is 17.5 Å². The van der Waals surface area contributed by atoms with Gasteiger partial charge in [-0.2, -0.15) is 0 Å². The van der Waals surface area contributed by atoms with Crippen LogP contribution < -0.4 is 10.1 Å². The third kappa shape index (κ3) is 5.84. The Morgan fingerprint density at radius 3 is 2.37 bits per heavy atom. The summed E-state index contributed by atoms with van der Waals surface area (Å²) in [6.45, 7) is 6.45. The molecule has 0 bridgehead atoms. The summed E-state index contributed by atoms with van der Waals surface area (Å²) in [5.74, 6) is 0.541. The quantitative estimate of drug-likeness (QED) is 0.772. The van der Waals surface area contributed by atoms with Gasteiger partial charge in [-0.05, 0) is 49.9 Å². The van der Waals surface area contributed by atoms with Crippen LogP contribution in [0.3, 0.4) is 0 Å². The van der Waals surface area contributed by atoms with E-state index in [0.717, 1.165) is 28.1 Å². The van der Waals surface area contributed by atoms with Crippen LogP contribution in [0.25, 0.3) is 0 Å². The third-order valence-corrected chi connectivity index (χ3v) is 4.43. The van der Waals surface area contributed by atoms with E-state index in [0.29, 0.717) is 19.4 Å². The normalized spacial score (nSPS) is 10.4. The number of nitrogens with zero attached hydrogens (tertiary/aromatic N) is 1. The maximum absolute atomic E-state index is 12.4. The largest absolute Gasteiger partial charge is 0.494 e. The minimum absolute atomic E-state index is 0.0275. The summed E-state index contributed by atoms with van der Waals surface area (Å²) in [5.41, 5.74) is 3.82. The van der Waals surface area contributed by atoms with E-state index in [1.54, 1.807) is 7.05 Å². The van der Waals surface area contributed by atoms with Crippen LogP contribution in [0.1, 0.15) is 30.0 Å². The Labute approximate surface area is 161 Å². The molecule has 0 spiro atoms. The highest BCUT2D eigenvalue weighted by atomic mass is 16.5. The first kappa shape index (κ1) is 20.5. The molecule has 2 aromatic carbocycles. The molecule has 5 heteroatoms. The molecule has 2 rings (SSSR count). The molecule has 27 heavy (non-hydrogen) atoms. The minimum Gasteiger partial charge on any atom is -0.494 e. The maximum atomic E-state index is 12.4. The van der Waals surface area contributed by atoms with E-state index >= 15 is 0 Å². The Morgan fingerprint density at radius 2 is 1.70 bits per heavy atom. The fourth-order valence-corrected chi connectivity index (χ4v) is 2.93. The Bertz CT molecular complexity index is 782. The number of rotatable bonds is 8. The minimum atomic E-state index is -0.196. The number of anilines is 1. The standard InChI is InChI=1S/C22H28N2O3/c1-5-27-19-12-7-6-11-18(19)13-14-21(26)24(4)15-20(25)23-22-16(2)9-8-10-17(22)3/h6-12H,5,13-15H2,1-4H3,(H,23,25). The average molecular weight is 368 g/mol. The van der Waals surface area contributed by atoms with Crippen molar-refractivity contribution in [2.75, 3.05) is 25.5 Å². The number of carbonyl (C=O) groups is 2. The SMILES string of the molecule is CCOc1ccccc1CCC(=O)N(C)CC(=O)Nc1c(C)cccc1C. The van der Waals surface area contributed by atoms with Crippen molar-refractivity contribution in [1.29, 1.82) is 0 Å². The monoisotopic (exact) mass is 368 g/mol. The summed E-state index contributed by atoms with van der Waals surface area (Å²) in [4.78, 5) is 26.2. The number of hydrogen-bond donors (Lipinski definition) is 1. The Hall–Kier alpha value is -2.82. The molecule has 2 aromatic rings. The molecule has 144 valence electrons. The summed E-state index contributed by atoms with van der Waals surface area (Å²) in [6, 6.07) is 13.6. The Morgan fingerprint density at radius 1 is 1.04 bits per heavy atom. The lowest BCUT2D eigenvalue weighted by Crippen LogP contribution is -2.35. The smallest absolute Gasteiger partial charge is 0.243 e. The molecular weight excluding hydrogens is 340 g/mol. The number of likely N-dealkylation sites (N-methyl/N-ethyl adjacent to an activating group) is 1. The summed E-state index contributed by atoms with van der Waals surface area (Å²) >= 11 is 0. The number of nitrogens with one attached hydrogen (secondary N) is 1. The molecule has 0 radical (unpaired) electrons. The number of amides is 2.